The molecule has 44 heavy (non-hydrogen) atoms. The van der Waals surface area contributed by atoms with Gasteiger partial charge >= 0.3 is 0 Å². The normalized spacial score (nSPS) is 21.9. The van der Waals surface area contributed by atoms with Gasteiger partial charge in [0.05, 0.1) is 21.8 Å². The van der Waals surface area contributed by atoms with Crippen LogP contribution in [0.1, 0.15) is 75.6 Å². The van der Waals surface area contributed by atoms with Crippen LogP contribution in [0.3, 0.4) is 0 Å². The Kier molecular flexibility index (Phi) is 8.95. The molecule has 2 unspecified atom stereocenters. The van der Waals surface area contributed by atoms with E-state index in [1.165, 1.54) is 0 Å². The van der Waals surface area contributed by atoms with Gasteiger partial charge in [0.2, 0.25) is 5.91 Å². The zero-order valence-electron chi connectivity index (χ0n) is 25.5. The van der Waals surface area contributed by atoms with Crippen molar-refractivity contribution in [3.63, 3.8) is 0 Å². The third-order valence-corrected chi connectivity index (χ3v) is 10.7. The molecule has 2 fully saturated rings. The number of pyridine rings is 1. The van der Waals surface area contributed by atoms with E-state index in [0.717, 1.165) is 80.2 Å². The second kappa shape index (κ2) is 12.7. The second-order valence-corrected chi connectivity index (χ2v) is 13.3. The quantitative estimate of drug-likeness (QED) is 0.355. The van der Waals surface area contributed by atoms with Gasteiger partial charge in [0.15, 0.2) is 0 Å². The Balaban J connectivity index is 1.09. The van der Waals surface area contributed by atoms with E-state index in [4.69, 9.17) is 28.9 Å². The number of benzene rings is 1. The van der Waals surface area contributed by atoms with Crippen molar-refractivity contribution in [2.75, 3.05) is 31.9 Å². The van der Waals surface area contributed by atoms with Crippen molar-refractivity contribution in [1.29, 1.82) is 0 Å². The Labute approximate surface area is 269 Å². The summed E-state index contributed by atoms with van der Waals surface area (Å²) in [6.07, 6.45) is 7.86. The lowest BCUT2D eigenvalue weighted by Crippen LogP contribution is -2.49. The van der Waals surface area contributed by atoms with Gasteiger partial charge in [-0.2, -0.15) is 0 Å². The lowest BCUT2D eigenvalue weighted by Gasteiger charge is -2.42. The summed E-state index contributed by atoms with van der Waals surface area (Å²) in [6, 6.07) is 9.92. The molecule has 2 N–H and O–H groups in total. The van der Waals surface area contributed by atoms with Gasteiger partial charge < -0.3 is 20.4 Å². The van der Waals surface area contributed by atoms with Gasteiger partial charge in [0.25, 0.3) is 0 Å². The molecule has 3 aliphatic heterocycles. The number of aromatic nitrogens is 1. The first kappa shape index (κ1) is 30.9. The van der Waals surface area contributed by atoms with Crippen molar-refractivity contribution in [3.05, 3.63) is 93.4 Å². The summed E-state index contributed by atoms with van der Waals surface area (Å²) < 4.78 is 14.6. The topological polar surface area (TPSA) is 68.9 Å². The van der Waals surface area contributed by atoms with Gasteiger partial charge in [-0.3, -0.25) is 9.69 Å². The molecule has 2 atom stereocenters. The summed E-state index contributed by atoms with van der Waals surface area (Å²) in [7, 11) is 0. The molecule has 0 bridgehead atoms. The van der Waals surface area contributed by atoms with Gasteiger partial charge in [-0.15, -0.1) is 0 Å². The van der Waals surface area contributed by atoms with Crippen molar-refractivity contribution in [2.45, 2.75) is 70.5 Å². The number of hydrogen-bond acceptors (Lipinski definition) is 6. The minimum Gasteiger partial charge on any atom is -0.384 e. The smallest absolute Gasteiger partial charge is 0.225 e. The maximum absolute atomic E-state index is 14.6. The molecule has 0 spiro atoms. The number of amides is 1. The van der Waals surface area contributed by atoms with Crippen molar-refractivity contribution in [1.82, 2.24) is 24.6 Å². The molecular formula is C34H41Cl2FN6O. The number of likely N-dealkylation sites (tertiary alicyclic amines) is 2. The summed E-state index contributed by atoms with van der Waals surface area (Å²) in [5, 5.41) is 0.999. The zero-order valence-corrected chi connectivity index (χ0v) is 27.0. The van der Waals surface area contributed by atoms with Crippen LogP contribution in [0.15, 0.2) is 72.2 Å². The Morgan fingerprint density at radius 3 is 2.36 bits per heavy atom. The number of carbonyl (C=O) groups excluding carboxylic acids is 1. The second-order valence-electron chi connectivity index (χ2n) is 12.5. The van der Waals surface area contributed by atoms with Crippen LogP contribution in [0.4, 0.5) is 10.2 Å². The van der Waals surface area contributed by atoms with Crippen LogP contribution in [0.2, 0.25) is 10.0 Å². The fraction of sp³-hybridized carbons (Fsp3) is 0.471. The van der Waals surface area contributed by atoms with E-state index in [1.54, 1.807) is 18.3 Å². The number of halogens is 3. The minimum atomic E-state index is -0.115. The van der Waals surface area contributed by atoms with Gasteiger partial charge in [-0.1, -0.05) is 35.8 Å². The van der Waals surface area contributed by atoms with E-state index < -0.39 is 0 Å². The fourth-order valence-corrected chi connectivity index (χ4v) is 7.70. The van der Waals surface area contributed by atoms with E-state index in [9.17, 15) is 9.18 Å². The highest BCUT2D eigenvalue weighted by molar-refractivity contribution is 6.42. The van der Waals surface area contributed by atoms with Crippen LogP contribution in [-0.2, 0) is 4.79 Å². The largest absolute Gasteiger partial charge is 0.384 e. The summed E-state index contributed by atoms with van der Waals surface area (Å²) in [5.41, 5.74) is 10.0. The van der Waals surface area contributed by atoms with E-state index >= 15 is 0 Å². The lowest BCUT2D eigenvalue weighted by atomic mass is 9.92. The van der Waals surface area contributed by atoms with Gasteiger partial charge in [0, 0.05) is 49.4 Å². The summed E-state index contributed by atoms with van der Waals surface area (Å²) in [4.78, 5) is 26.7. The Bertz CT molecular complexity index is 1490. The number of nitrogens with zero attached hydrogens (tertiary/aromatic N) is 5. The average molecular weight is 640 g/mol. The number of nitrogens with two attached hydrogens (primary N) is 1. The van der Waals surface area contributed by atoms with E-state index in [-0.39, 0.29) is 35.8 Å². The molecule has 10 heteroatoms. The number of anilines is 1. The maximum Gasteiger partial charge on any atom is 0.225 e. The fourth-order valence-electron chi connectivity index (χ4n) is 7.39. The summed E-state index contributed by atoms with van der Waals surface area (Å²) in [6.45, 7) is 12.0. The molecule has 1 aromatic heterocycles. The molecule has 234 valence electrons. The van der Waals surface area contributed by atoms with E-state index in [0.29, 0.717) is 28.7 Å². The van der Waals surface area contributed by atoms with Gasteiger partial charge in [0.1, 0.15) is 17.5 Å². The molecule has 2 saturated heterocycles. The van der Waals surface area contributed by atoms with Crippen molar-refractivity contribution < 1.29 is 9.18 Å². The van der Waals surface area contributed by atoms with Crippen LogP contribution in [0, 0.1) is 5.92 Å². The highest BCUT2D eigenvalue weighted by Gasteiger charge is 2.42. The molecular weight excluding hydrogens is 598 g/mol. The highest BCUT2D eigenvalue weighted by Crippen LogP contribution is 2.46. The van der Waals surface area contributed by atoms with Crippen LogP contribution in [0.25, 0.3) is 0 Å². The zero-order chi connectivity index (χ0) is 31.1. The molecule has 1 aliphatic carbocycles. The number of hydrogen-bond donors (Lipinski definition) is 1. The number of nitrogen functional groups attached to an aromatic ring is 1. The predicted octanol–water partition coefficient (Wildman–Crippen LogP) is 7.44. The molecule has 2 aromatic rings. The molecule has 1 aromatic carbocycles. The maximum atomic E-state index is 14.6. The van der Waals surface area contributed by atoms with Gasteiger partial charge in [-0.25, -0.2) is 9.37 Å². The van der Waals surface area contributed by atoms with E-state index in [2.05, 4.69) is 45.0 Å². The molecule has 6 rings (SSSR count). The average Bonchev–Trinajstić information content (AvgIpc) is 3.32. The van der Waals surface area contributed by atoms with Gasteiger partial charge in [-0.05, 0) is 101 Å². The highest BCUT2D eigenvalue weighted by atomic mass is 35.5. The minimum absolute atomic E-state index is 0.0579. The van der Waals surface area contributed by atoms with Crippen molar-refractivity contribution >= 4 is 34.9 Å². The predicted molar refractivity (Wildman–Crippen MR) is 174 cm³/mol. The monoisotopic (exact) mass is 638 g/mol. The number of allylic oxidation sites excluding steroid dienone is 3. The Hall–Kier alpha value is -3.07. The summed E-state index contributed by atoms with van der Waals surface area (Å²) >= 11 is 12.5. The third-order valence-electron chi connectivity index (χ3n) is 9.96. The molecule has 4 heterocycles. The first-order valence-corrected chi connectivity index (χ1v) is 16.4. The SMILES string of the molecule is C=C1N(C2CCN(C(=O)C3CCN(C(C)c4ccnc(N)c4)CC3)CC2)C2=C(C=C(F)CC2)N1C(C)c1ccc(Cl)c(Cl)c1. The standard InChI is InChI=1S/C34H41Cl2FN6O/c1-21(26-8-13-39-33(38)19-26)40-14-9-24(10-15-40)34(44)41-16-11-28(12-17-41)43-23(3)42(32-20-27(37)5-7-31(32)43)22(2)25-4-6-29(35)30(36)18-25/h4,6,8,13,18-22,24,28H,3,5,7,9-12,14-17H2,1-2H3,(H2,38,39). The molecule has 0 radical (unpaired) electrons. The molecule has 7 nitrogen and oxygen atoms in total. The third kappa shape index (κ3) is 5.96. The Morgan fingerprint density at radius 2 is 1.68 bits per heavy atom. The van der Waals surface area contributed by atoms with Crippen LogP contribution in [-0.4, -0.2) is 62.7 Å². The Morgan fingerprint density at radius 1 is 0.977 bits per heavy atom. The number of carbonyl (C=O) groups is 1. The molecule has 1 amide bonds. The molecule has 0 saturated carbocycles. The van der Waals surface area contributed by atoms with Crippen molar-refractivity contribution in [3.8, 4) is 0 Å². The van der Waals surface area contributed by atoms with E-state index in [1.807, 2.05) is 24.3 Å². The number of rotatable bonds is 6. The lowest BCUT2D eigenvalue weighted by molar-refractivity contribution is -0.138. The molecule has 4 aliphatic rings. The van der Waals surface area contributed by atoms with Crippen LogP contribution in [0.5, 0.6) is 0 Å². The number of piperidine rings is 2. The first-order valence-electron chi connectivity index (χ1n) is 15.7. The summed E-state index contributed by atoms with van der Waals surface area (Å²) in [5.74, 6) is 1.61. The van der Waals surface area contributed by atoms with Crippen LogP contribution < -0.4 is 5.73 Å². The first-order chi connectivity index (χ1) is 21.1. The van der Waals surface area contributed by atoms with Crippen LogP contribution >= 0.6 is 23.2 Å². The van der Waals surface area contributed by atoms with Crippen molar-refractivity contribution in [2.24, 2.45) is 5.92 Å².